The van der Waals surface area contributed by atoms with Crippen LogP contribution in [0, 0.1) is 6.92 Å². The maximum atomic E-state index is 12.9. The topological polar surface area (TPSA) is 40.6 Å². The molecular weight excluding hydrogens is 320 g/mol. The predicted molar refractivity (Wildman–Crippen MR) is 97.4 cm³/mol. The number of likely N-dealkylation sites (N-methyl/N-ethyl adjacent to an activating group) is 1. The van der Waals surface area contributed by atoms with Crippen LogP contribution in [-0.4, -0.2) is 49.8 Å². The third-order valence-corrected chi connectivity index (χ3v) is 6.99. The van der Waals surface area contributed by atoms with Crippen LogP contribution in [0.5, 0.6) is 0 Å². The summed E-state index contributed by atoms with van der Waals surface area (Å²) in [4.78, 5) is 2.80. The fourth-order valence-electron chi connectivity index (χ4n) is 3.41. The van der Waals surface area contributed by atoms with Gasteiger partial charge in [-0.2, -0.15) is 4.31 Å². The molecule has 1 heterocycles. The summed E-state index contributed by atoms with van der Waals surface area (Å²) in [6, 6.07) is 7.37. The van der Waals surface area contributed by atoms with Gasteiger partial charge in [-0.3, -0.25) is 4.90 Å². The van der Waals surface area contributed by atoms with Crippen molar-refractivity contribution in [1.29, 1.82) is 0 Å². The van der Waals surface area contributed by atoms with Crippen LogP contribution in [-0.2, 0) is 10.0 Å². The summed E-state index contributed by atoms with van der Waals surface area (Å²) >= 11 is 0. The van der Waals surface area contributed by atoms with Gasteiger partial charge in [0.15, 0.2) is 0 Å². The van der Waals surface area contributed by atoms with Gasteiger partial charge in [0.05, 0.1) is 4.90 Å². The van der Waals surface area contributed by atoms with Gasteiger partial charge >= 0.3 is 0 Å². The van der Waals surface area contributed by atoms with Gasteiger partial charge in [0.2, 0.25) is 10.0 Å². The van der Waals surface area contributed by atoms with Crippen molar-refractivity contribution in [2.24, 2.45) is 0 Å². The molecular formula is C19H26N2O2S. The summed E-state index contributed by atoms with van der Waals surface area (Å²) in [5, 5.41) is 0. The van der Waals surface area contributed by atoms with E-state index in [1.165, 1.54) is 9.88 Å². The Labute approximate surface area is 145 Å². The molecule has 3 rings (SSSR count). The van der Waals surface area contributed by atoms with E-state index in [0.29, 0.717) is 10.9 Å². The minimum Gasteiger partial charge on any atom is -0.293 e. The van der Waals surface area contributed by atoms with Gasteiger partial charge in [0.1, 0.15) is 0 Å². The van der Waals surface area contributed by atoms with Crippen LogP contribution >= 0.6 is 0 Å². The molecule has 0 saturated heterocycles. The normalized spacial score (nSPS) is 25.2. The number of nitrogens with zero attached hydrogens (tertiary/aromatic N) is 2. The molecule has 4 nitrogen and oxygen atoms in total. The molecule has 1 aromatic carbocycles. The van der Waals surface area contributed by atoms with Crippen LogP contribution in [0.15, 0.2) is 53.0 Å². The maximum Gasteiger partial charge on any atom is 0.243 e. The van der Waals surface area contributed by atoms with Gasteiger partial charge in [-0.25, -0.2) is 8.42 Å². The first kappa shape index (κ1) is 17.4. The van der Waals surface area contributed by atoms with Crippen molar-refractivity contribution in [3.8, 4) is 0 Å². The third kappa shape index (κ3) is 3.48. The van der Waals surface area contributed by atoms with Gasteiger partial charge in [0, 0.05) is 32.2 Å². The lowest BCUT2D eigenvalue weighted by molar-refractivity contribution is 0.228. The van der Waals surface area contributed by atoms with Crippen molar-refractivity contribution < 1.29 is 8.42 Å². The molecule has 0 bridgehead atoms. The summed E-state index contributed by atoms with van der Waals surface area (Å²) < 4.78 is 27.2. The number of hydrogen-bond donors (Lipinski definition) is 0. The maximum absolute atomic E-state index is 12.9. The highest BCUT2D eigenvalue weighted by atomic mass is 32.2. The first-order valence-electron chi connectivity index (χ1n) is 8.50. The smallest absolute Gasteiger partial charge is 0.243 e. The number of hydrogen-bond acceptors (Lipinski definition) is 3. The van der Waals surface area contributed by atoms with Crippen molar-refractivity contribution >= 4 is 10.0 Å². The minimum atomic E-state index is -3.46. The van der Waals surface area contributed by atoms with E-state index >= 15 is 0 Å². The van der Waals surface area contributed by atoms with Crippen molar-refractivity contribution in [2.45, 2.75) is 43.7 Å². The zero-order valence-corrected chi connectivity index (χ0v) is 15.5. The lowest BCUT2D eigenvalue weighted by Gasteiger charge is -2.32. The summed E-state index contributed by atoms with van der Waals surface area (Å²) in [7, 11) is -1.77. The zero-order chi connectivity index (χ0) is 17.3. The third-order valence-electron chi connectivity index (χ3n) is 5.11. The van der Waals surface area contributed by atoms with Gasteiger partial charge < -0.3 is 0 Å². The van der Waals surface area contributed by atoms with Crippen molar-refractivity contribution in [3.05, 3.63) is 53.6 Å². The van der Waals surface area contributed by atoms with E-state index in [0.717, 1.165) is 31.5 Å². The van der Waals surface area contributed by atoms with E-state index in [1.807, 2.05) is 19.1 Å². The molecule has 2 atom stereocenters. The number of rotatable bonds is 4. The molecule has 5 heteroatoms. The van der Waals surface area contributed by atoms with Crippen molar-refractivity contribution in [3.63, 3.8) is 0 Å². The second-order valence-corrected chi connectivity index (χ2v) is 8.89. The largest absolute Gasteiger partial charge is 0.293 e. The first-order chi connectivity index (χ1) is 11.4. The van der Waals surface area contributed by atoms with Crippen molar-refractivity contribution in [2.75, 3.05) is 20.1 Å². The van der Waals surface area contributed by atoms with Crippen LogP contribution in [0.2, 0.25) is 0 Å². The molecule has 1 aliphatic carbocycles. The lowest BCUT2D eigenvalue weighted by atomic mass is 10.1. The molecule has 2 aliphatic rings. The van der Waals surface area contributed by atoms with Crippen LogP contribution in [0.1, 0.15) is 25.3 Å². The number of benzene rings is 1. The molecule has 24 heavy (non-hydrogen) atoms. The van der Waals surface area contributed by atoms with E-state index in [9.17, 15) is 8.42 Å². The molecule has 2 unspecified atom stereocenters. The van der Waals surface area contributed by atoms with Gasteiger partial charge in [0.25, 0.3) is 0 Å². The predicted octanol–water partition coefficient (Wildman–Crippen LogP) is 2.96. The average molecular weight is 346 g/mol. The van der Waals surface area contributed by atoms with Gasteiger partial charge in [-0.1, -0.05) is 35.9 Å². The van der Waals surface area contributed by atoms with Crippen LogP contribution in [0.25, 0.3) is 0 Å². The van der Waals surface area contributed by atoms with E-state index in [-0.39, 0.29) is 6.04 Å². The highest BCUT2D eigenvalue weighted by Crippen LogP contribution is 2.27. The molecule has 1 aromatic rings. The Hall–Kier alpha value is -1.43. The quantitative estimate of drug-likeness (QED) is 0.787. The van der Waals surface area contributed by atoms with E-state index in [2.05, 4.69) is 24.0 Å². The summed E-state index contributed by atoms with van der Waals surface area (Å²) in [6.45, 7) is 6.10. The van der Waals surface area contributed by atoms with E-state index < -0.39 is 10.0 Å². The molecule has 0 fully saturated rings. The molecule has 0 N–H and O–H groups in total. The Bertz CT molecular complexity index is 767. The molecule has 130 valence electrons. The van der Waals surface area contributed by atoms with Crippen LogP contribution < -0.4 is 0 Å². The first-order valence-corrected chi connectivity index (χ1v) is 9.94. The highest BCUT2D eigenvalue weighted by Gasteiger charge is 2.33. The molecule has 1 aliphatic heterocycles. The van der Waals surface area contributed by atoms with Crippen molar-refractivity contribution in [1.82, 2.24) is 9.21 Å². The zero-order valence-electron chi connectivity index (χ0n) is 14.6. The monoisotopic (exact) mass is 346 g/mol. The second-order valence-electron chi connectivity index (χ2n) is 6.89. The SMILES string of the molecule is CC1=CCN(C2C=CC(N(C)S(=O)(=O)c3cccc(C)c3)C2)CC1. The molecule has 0 spiro atoms. The minimum absolute atomic E-state index is 0.0764. The summed E-state index contributed by atoms with van der Waals surface area (Å²) in [6.07, 6.45) is 8.42. The molecule has 0 saturated carbocycles. The Kier molecular flexibility index (Phi) is 4.95. The van der Waals surface area contributed by atoms with Crippen LogP contribution in [0.4, 0.5) is 0 Å². The lowest BCUT2D eigenvalue weighted by Crippen LogP contribution is -2.40. The summed E-state index contributed by atoms with van der Waals surface area (Å²) in [5.74, 6) is 0. The second kappa shape index (κ2) is 6.82. The molecule has 0 aromatic heterocycles. The number of aryl methyl sites for hydroxylation is 1. The fourth-order valence-corrected chi connectivity index (χ4v) is 4.84. The molecule has 0 radical (unpaired) electrons. The van der Waals surface area contributed by atoms with E-state index in [4.69, 9.17) is 0 Å². The average Bonchev–Trinajstić information content (AvgIpc) is 3.04. The fraction of sp³-hybridized carbons (Fsp3) is 0.474. The Morgan fingerprint density at radius 1 is 1.21 bits per heavy atom. The van der Waals surface area contributed by atoms with Gasteiger partial charge in [-0.05, 0) is 44.4 Å². The standard InChI is InChI=1S/C19H26N2O2S/c1-15-9-11-21(12-10-15)18-8-7-17(14-18)20(3)24(22,23)19-6-4-5-16(2)13-19/h4-9,13,17-18H,10-12,14H2,1-3H3. The summed E-state index contributed by atoms with van der Waals surface area (Å²) in [5.41, 5.74) is 2.41. The molecule has 0 amide bonds. The van der Waals surface area contributed by atoms with Gasteiger partial charge in [-0.15, -0.1) is 0 Å². The Morgan fingerprint density at radius 3 is 2.67 bits per heavy atom. The Balaban J connectivity index is 1.70. The highest BCUT2D eigenvalue weighted by molar-refractivity contribution is 7.89. The number of sulfonamides is 1. The van der Waals surface area contributed by atoms with Crippen LogP contribution in [0.3, 0.4) is 0 Å². The Morgan fingerprint density at radius 2 is 2.00 bits per heavy atom. The van der Waals surface area contributed by atoms with E-state index in [1.54, 1.807) is 25.2 Å².